The van der Waals surface area contributed by atoms with E-state index in [0.29, 0.717) is 11.1 Å². The Bertz CT molecular complexity index is 1130. The lowest BCUT2D eigenvalue weighted by molar-refractivity contribution is 0.0515. The van der Waals surface area contributed by atoms with Gasteiger partial charge in [-0.1, -0.05) is 60.7 Å². The molecular weight excluding hydrogens is 408 g/mol. The van der Waals surface area contributed by atoms with E-state index in [0.717, 1.165) is 31.7 Å². The zero-order valence-corrected chi connectivity index (χ0v) is 18.2. The second-order valence-corrected chi connectivity index (χ2v) is 7.86. The van der Waals surface area contributed by atoms with Crippen LogP contribution in [-0.4, -0.2) is 25.2 Å². The van der Waals surface area contributed by atoms with Crippen molar-refractivity contribution in [3.63, 3.8) is 0 Å². The summed E-state index contributed by atoms with van der Waals surface area (Å²) in [6.07, 6.45) is 0. The maximum absolute atomic E-state index is 12.9. The molecule has 0 fully saturated rings. The van der Waals surface area contributed by atoms with Crippen LogP contribution in [0.15, 0.2) is 72.8 Å². The lowest BCUT2D eigenvalue weighted by Crippen LogP contribution is -2.09. The van der Waals surface area contributed by atoms with E-state index < -0.39 is 11.9 Å². The number of hydrogen-bond acceptors (Lipinski definition) is 5. The number of carbonyl (C=O) groups is 2. The molecule has 0 spiro atoms. The van der Waals surface area contributed by atoms with Gasteiger partial charge in [0.2, 0.25) is 0 Å². The van der Waals surface area contributed by atoms with Crippen molar-refractivity contribution in [2.75, 3.05) is 13.2 Å². The SMILES string of the molecule is CCOC(=O)c1ccc(C(=O)OCC)c2c(-c3ccccc3)sc(-c3ccccc3)c12. The van der Waals surface area contributed by atoms with E-state index in [4.69, 9.17) is 9.47 Å². The summed E-state index contributed by atoms with van der Waals surface area (Å²) >= 11 is 1.56. The molecule has 4 nitrogen and oxygen atoms in total. The van der Waals surface area contributed by atoms with Crippen LogP contribution in [0.25, 0.3) is 31.7 Å². The average Bonchev–Trinajstić information content (AvgIpc) is 3.20. The third-order valence-corrected chi connectivity index (χ3v) is 6.21. The topological polar surface area (TPSA) is 52.6 Å². The van der Waals surface area contributed by atoms with Crippen molar-refractivity contribution in [2.45, 2.75) is 13.8 Å². The lowest BCUT2D eigenvalue weighted by Gasteiger charge is -2.10. The van der Waals surface area contributed by atoms with E-state index in [1.165, 1.54) is 0 Å². The number of benzene rings is 3. The van der Waals surface area contributed by atoms with E-state index in [1.54, 1.807) is 37.3 Å². The lowest BCUT2D eigenvalue weighted by atomic mass is 9.96. The fraction of sp³-hybridized carbons (Fsp3) is 0.154. The minimum atomic E-state index is -0.405. The number of ether oxygens (including phenoxy) is 2. The van der Waals surface area contributed by atoms with Crippen molar-refractivity contribution in [1.29, 1.82) is 0 Å². The van der Waals surface area contributed by atoms with Gasteiger partial charge < -0.3 is 9.47 Å². The first-order valence-corrected chi connectivity index (χ1v) is 11.0. The molecule has 0 bridgehead atoms. The van der Waals surface area contributed by atoms with Gasteiger partial charge in [0, 0.05) is 20.5 Å². The Balaban J connectivity index is 2.12. The van der Waals surface area contributed by atoms with Gasteiger partial charge >= 0.3 is 11.9 Å². The van der Waals surface area contributed by atoms with Crippen LogP contribution in [0.3, 0.4) is 0 Å². The van der Waals surface area contributed by atoms with Crippen LogP contribution >= 0.6 is 11.3 Å². The number of thiophene rings is 1. The standard InChI is InChI=1S/C26H22O4S/c1-3-29-25(27)19-15-16-20(26(28)30-4-2)22-21(19)23(17-11-7-5-8-12-17)31-24(22)18-13-9-6-10-14-18/h5-16H,3-4H2,1-2H3. The number of carbonyl (C=O) groups excluding carboxylic acids is 2. The molecule has 0 radical (unpaired) electrons. The van der Waals surface area contributed by atoms with Gasteiger partial charge in [0.25, 0.3) is 0 Å². The van der Waals surface area contributed by atoms with Gasteiger partial charge in [-0.25, -0.2) is 9.59 Å². The predicted molar refractivity (Wildman–Crippen MR) is 125 cm³/mol. The number of esters is 2. The summed E-state index contributed by atoms with van der Waals surface area (Å²) in [6.45, 7) is 4.11. The van der Waals surface area contributed by atoms with Crippen molar-refractivity contribution in [3.05, 3.63) is 83.9 Å². The monoisotopic (exact) mass is 430 g/mol. The summed E-state index contributed by atoms with van der Waals surface area (Å²) in [6, 6.07) is 23.1. The Labute approximate surface area is 185 Å². The van der Waals surface area contributed by atoms with Crippen LogP contribution in [-0.2, 0) is 9.47 Å². The van der Waals surface area contributed by atoms with Crippen LogP contribution in [0.2, 0.25) is 0 Å². The van der Waals surface area contributed by atoms with Gasteiger partial charge in [0.15, 0.2) is 0 Å². The van der Waals surface area contributed by atoms with Crippen LogP contribution in [0.5, 0.6) is 0 Å². The zero-order valence-electron chi connectivity index (χ0n) is 17.4. The quantitative estimate of drug-likeness (QED) is 0.324. The summed E-state index contributed by atoms with van der Waals surface area (Å²) < 4.78 is 10.7. The summed E-state index contributed by atoms with van der Waals surface area (Å²) in [5.74, 6) is -0.810. The second kappa shape index (κ2) is 9.14. The smallest absolute Gasteiger partial charge is 0.338 e. The first-order valence-electron chi connectivity index (χ1n) is 10.2. The van der Waals surface area contributed by atoms with Crippen LogP contribution < -0.4 is 0 Å². The minimum Gasteiger partial charge on any atom is -0.462 e. The highest BCUT2D eigenvalue weighted by Gasteiger charge is 2.26. The Hall–Kier alpha value is -3.44. The van der Waals surface area contributed by atoms with Crippen molar-refractivity contribution >= 4 is 34.0 Å². The summed E-state index contributed by atoms with van der Waals surface area (Å²) in [4.78, 5) is 27.6. The van der Waals surface area contributed by atoms with Gasteiger partial charge in [-0.3, -0.25) is 0 Å². The number of rotatable bonds is 6. The van der Waals surface area contributed by atoms with Gasteiger partial charge in [-0.05, 0) is 37.1 Å². The molecule has 3 aromatic carbocycles. The molecule has 1 heterocycles. The molecule has 5 heteroatoms. The van der Waals surface area contributed by atoms with E-state index in [2.05, 4.69) is 0 Å². The van der Waals surface area contributed by atoms with E-state index in [1.807, 2.05) is 60.7 Å². The Morgan fingerprint density at radius 3 is 1.39 bits per heavy atom. The first-order chi connectivity index (χ1) is 15.2. The highest BCUT2D eigenvalue weighted by molar-refractivity contribution is 7.21. The summed E-state index contributed by atoms with van der Waals surface area (Å²) in [7, 11) is 0. The fourth-order valence-electron chi connectivity index (χ4n) is 3.62. The van der Waals surface area contributed by atoms with Crippen LogP contribution in [0.4, 0.5) is 0 Å². The molecule has 1 aromatic heterocycles. The normalized spacial score (nSPS) is 10.8. The zero-order chi connectivity index (χ0) is 21.8. The Morgan fingerprint density at radius 1 is 0.645 bits per heavy atom. The van der Waals surface area contributed by atoms with Crippen LogP contribution in [0.1, 0.15) is 34.6 Å². The predicted octanol–water partition coefficient (Wildman–Crippen LogP) is 6.59. The maximum Gasteiger partial charge on any atom is 0.338 e. The molecule has 156 valence electrons. The fourth-order valence-corrected chi connectivity index (χ4v) is 4.96. The van der Waals surface area contributed by atoms with Gasteiger partial charge in [-0.15, -0.1) is 11.3 Å². The molecule has 0 aliphatic rings. The molecule has 0 saturated carbocycles. The second-order valence-electron chi connectivity index (χ2n) is 6.84. The van der Waals surface area contributed by atoms with Crippen LogP contribution in [0, 0.1) is 0 Å². The van der Waals surface area contributed by atoms with E-state index in [9.17, 15) is 9.59 Å². The molecule has 4 aromatic rings. The molecule has 0 aliphatic carbocycles. The largest absolute Gasteiger partial charge is 0.462 e. The molecule has 0 amide bonds. The van der Waals surface area contributed by atoms with Gasteiger partial charge in [-0.2, -0.15) is 0 Å². The molecular formula is C26H22O4S. The molecule has 0 atom stereocenters. The van der Waals surface area contributed by atoms with Crippen molar-refractivity contribution in [2.24, 2.45) is 0 Å². The first kappa shape index (κ1) is 20.8. The van der Waals surface area contributed by atoms with E-state index >= 15 is 0 Å². The maximum atomic E-state index is 12.9. The summed E-state index contributed by atoms with van der Waals surface area (Å²) in [5.41, 5.74) is 2.85. The average molecular weight is 431 g/mol. The van der Waals surface area contributed by atoms with Crippen molar-refractivity contribution < 1.29 is 19.1 Å². The molecule has 0 N–H and O–H groups in total. The van der Waals surface area contributed by atoms with Gasteiger partial charge in [0.05, 0.1) is 24.3 Å². The highest BCUT2D eigenvalue weighted by Crippen LogP contribution is 2.47. The van der Waals surface area contributed by atoms with Crippen molar-refractivity contribution in [1.82, 2.24) is 0 Å². The van der Waals surface area contributed by atoms with Gasteiger partial charge in [0.1, 0.15) is 0 Å². The van der Waals surface area contributed by atoms with Crippen molar-refractivity contribution in [3.8, 4) is 20.9 Å². The molecule has 0 aliphatic heterocycles. The van der Waals surface area contributed by atoms with E-state index in [-0.39, 0.29) is 13.2 Å². The highest BCUT2D eigenvalue weighted by atomic mass is 32.1. The Kier molecular flexibility index (Phi) is 6.14. The minimum absolute atomic E-state index is 0.274. The number of fused-ring (bicyclic) bond motifs is 1. The molecule has 0 saturated heterocycles. The third kappa shape index (κ3) is 3.97. The molecule has 31 heavy (non-hydrogen) atoms. The third-order valence-electron chi connectivity index (χ3n) is 4.93. The Morgan fingerprint density at radius 2 is 1.03 bits per heavy atom. The molecule has 4 rings (SSSR count). The summed E-state index contributed by atoms with van der Waals surface area (Å²) in [5, 5.41) is 1.44. The number of hydrogen-bond donors (Lipinski definition) is 0. The molecule has 0 unspecified atom stereocenters.